The maximum absolute atomic E-state index is 13.8. The Kier molecular flexibility index (Phi) is 19.3. The van der Waals surface area contributed by atoms with Gasteiger partial charge in [0.15, 0.2) is 0 Å². The number of ether oxygens (including phenoxy) is 1. The molecule has 0 saturated carbocycles. The molecule has 0 bridgehead atoms. The summed E-state index contributed by atoms with van der Waals surface area (Å²) >= 11 is 0. The first-order valence-corrected chi connectivity index (χ1v) is 18.7. The maximum Gasteiger partial charge on any atom is 3.00 e. The van der Waals surface area contributed by atoms with E-state index < -0.39 is 0 Å². The Morgan fingerprint density at radius 1 is 0.596 bits per heavy atom. The Bertz CT molecular complexity index is 1400. The molecule has 0 amide bonds. The minimum Gasteiger partial charge on any atom is -0.872 e. The van der Waals surface area contributed by atoms with Crippen molar-refractivity contribution in [3.05, 3.63) is 93.5 Å². The van der Waals surface area contributed by atoms with Crippen molar-refractivity contribution < 1.29 is 52.8 Å². The Morgan fingerprint density at radius 3 is 1.27 bits per heavy atom. The minimum atomic E-state index is -0.244. The van der Waals surface area contributed by atoms with Crippen molar-refractivity contribution in [1.82, 2.24) is 9.80 Å². The number of benzene rings is 3. The number of likely N-dealkylation sites (N-methyl/N-ethyl adjacent to an activating group) is 1. The van der Waals surface area contributed by atoms with E-state index in [0.29, 0.717) is 13.1 Å². The molecule has 1 aliphatic heterocycles. The number of nitrogens with zero attached hydrogens (tertiary/aromatic N) is 2. The van der Waals surface area contributed by atoms with Gasteiger partial charge >= 0.3 is 32.7 Å². The van der Waals surface area contributed by atoms with Crippen LogP contribution in [-0.4, -0.2) is 50.2 Å². The first-order valence-electron chi connectivity index (χ1n) is 18.7. The summed E-state index contributed by atoms with van der Waals surface area (Å²) in [5, 5.41) is 37.7. The molecule has 0 spiro atoms. The van der Waals surface area contributed by atoms with Gasteiger partial charge in [-0.05, 0) is 82.0 Å². The number of hydrogen-bond acceptors (Lipinski definition) is 6. The SMILES string of the molecule is C1CCOC1.CN(C)CCN(Cc1cc(C(C)(C)C)cc(C(C)(C)C)c1[O-])Cc1cc(C(C)(C)C)cc(C(C)(C)C)c1[O-].[O-]Cc1ccccc1.[Y+3]. The van der Waals surface area contributed by atoms with E-state index in [0.717, 1.165) is 54.1 Å². The standard InChI is InChI=1S/C34H56N2O2.C7H7O.C4H8O.Y/c1-31(2,3)25-17-23(29(37)27(19-25)33(7,8)9)21-36(16-15-35(13)14)22-24-18-26(32(4,5)6)20-28(30(24)38)34(10,11)12;8-6-7-4-2-1-3-5-7;1-2-4-5-3-1;/h17-20,37-38H,15-16,21-22H2,1-14H3;1-5H,6H2;1-4H2;/q;-1;;+3/p-2. The van der Waals surface area contributed by atoms with E-state index in [-0.39, 0.29) is 72.5 Å². The van der Waals surface area contributed by atoms with Crippen LogP contribution in [0.5, 0.6) is 11.5 Å². The third-order valence-corrected chi connectivity index (χ3v) is 9.17. The van der Waals surface area contributed by atoms with Crippen LogP contribution in [0, 0.1) is 0 Å². The van der Waals surface area contributed by atoms with Gasteiger partial charge in [0.2, 0.25) is 0 Å². The monoisotopic (exact) mass is 790 g/mol. The summed E-state index contributed by atoms with van der Waals surface area (Å²) in [6.07, 6.45) is 2.56. The topological polar surface area (TPSA) is 84.9 Å². The molecule has 3 aromatic rings. The van der Waals surface area contributed by atoms with E-state index in [4.69, 9.17) is 4.74 Å². The summed E-state index contributed by atoms with van der Waals surface area (Å²) in [5.41, 5.74) is 5.95. The molecule has 0 atom stereocenters. The molecule has 0 N–H and O–H groups in total. The van der Waals surface area contributed by atoms with Crippen molar-refractivity contribution in [3.63, 3.8) is 0 Å². The van der Waals surface area contributed by atoms with Gasteiger partial charge in [-0.3, -0.25) is 4.90 Å². The molecule has 0 unspecified atom stereocenters. The Labute approximate surface area is 343 Å². The molecule has 286 valence electrons. The van der Waals surface area contributed by atoms with E-state index in [1.807, 2.05) is 30.3 Å². The van der Waals surface area contributed by atoms with Crippen molar-refractivity contribution >= 4 is 0 Å². The molecular weight excluding hydrogens is 721 g/mol. The Morgan fingerprint density at radius 2 is 1.00 bits per heavy atom. The Hall–Kier alpha value is -1.80. The van der Waals surface area contributed by atoms with E-state index in [2.05, 4.69) is 131 Å². The van der Waals surface area contributed by atoms with Gasteiger partial charge in [-0.15, -0.1) is 18.1 Å². The van der Waals surface area contributed by atoms with Crippen molar-refractivity contribution in [3.8, 4) is 11.5 Å². The summed E-state index contributed by atoms with van der Waals surface area (Å²) in [5.74, 6) is 0.253. The summed E-state index contributed by atoms with van der Waals surface area (Å²) in [4.78, 5) is 4.44. The predicted molar refractivity (Wildman–Crippen MR) is 209 cm³/mol. The Balaban J connectivity index is 0.000000799. The first kappa shape index (κ1) is 48.2. The van der Waals surface area contributed by atoms with Gasteiger partial charge in [-0.25, -0.2) is 0 Å². The smallest absolute Gasteiger partial charge is 0.872 e. The minimum absolute atomic E-state index is 0. The van der Waals surface area contributed by atoms with Crippen LogP contribution in [-0.2, 0) is 78.8 Å². The van der Waals surface area contributed by atoms with Crippen LogP contribution in [0.2, 0.25) is 0 Å². The molecule has 6 nitrogen and oxygen atoms in total. The fourth-order valence-electron chi connectivity index (χ4n) is 5.71. The zero-order valence-electron chi connectivity index (χ0n) is 35.2. The summed E-state index contributed by atoms with van der Waals surface area (Å²) in [6.45, 7) is 30.4. The summed E-state index contributed by atoms with van der Waals surface area (Å²) in [7, 11) is 4.12. The molecule has 1 aliphatic rings. The second-order valence-electron chi connectivity index (χ2n) is 18.5. The van der Waals surface area contributed by atoms with Crippen LogP contribution in [0.15, 0.2) is 54.6 Å². The van der Waals surface area contributed by atoms with E-state index in [1.54, 1.807) is 0 Å². The largest absolute Gasteiger partial charge is 3.00 e. The van der Waals surface area contributed by atoms with Crippen LogP contribution in [0.1, 0.15) is 135 Å². The van der Waals surface area contributed by atoms with Crippen LogP contribution >= 0.6 is 0 Å². The molecule has 1 fully saturated rings. The third-order valence-electron chi connectivity index (χ3n) is 9.17. The molecule has 3 aromatic carbocycles. The summed E-state index contributed by atoms with van der Waals surface area (Å²) in [6, 6.07) is 17.7. The van der Waals surface area contributed by atoms with E-state index in [1.165, 1.54) is 24.0 Å². The van der Waals surface area contributed by atoms with Crippen LogP contribution in [0.25, 0.3) is 0 Å². The van der Waals surface area contributed by atoms with Gasteiger partial charge < -0.3 is 25.0 Å². The molecule has 1 heterocycles. The fourth-order valence-corrected chi connectivity index (χ4v) is 5.71. The first-order chi connectivity index (χ1) is 23.4. The fraction of sp³-hybridized carbons (Fsp3) is 0.600. The van der Waals surface area contributed by atoms with E-state index >= 15 is 0 Å². The van der Waals surface area contributed by atoms with Gasteiger partial charge in [0.05, 0.1) is 0 Å². The van der Waals surface area contributed by atoms with Crippen molar-refractivity contribution in [2.24, 2.45) is 0 Å². The van der Waals surface area contributed by atoms with Gasteiger partial charge in [0.1, 0.15) is 0 Å². The second kappa shape index (κ2) is 20.8. The molecule has 4 rings (SSSR count). The second-order valence-corrected chi connectivity index (χ2v) is 18.5. The molecule has 0 radical (unpaired) electrons. The third kappa shape index (κ3) is 15.9. The average Bonchev–Trinajstić information content (AvgIpc) is 3.61. The molecule has 52 heavy (non-hydrogen) atoms. The maximum atomic E-state index is 13.8. The average molecular weight is 791 g/mol. The normalized spacial score (nSPS) is 13.6. The quantitative estimate of drug-likeness (QED) is 0.231. The number of rotatable bonds is 8. The van der Waals surface area contributed by atoms with Crippen molar-refractivity contribution in [1.29, 1.82) is 0 Å². The van der Waals surface area contributed by atoms with Gasteiger partial charge in [-0.1, -0.05) is 143 Å². The van der Waals surface area contributed by atoms with Crippen molar-refractivity contribution in [2.45, 2.75) is 137 Å². The van der Waals surface area contributed by atoms with Crippen LogP contribution in [0.4, 0.5) is 0 Å². The molecule has 7 heteroatoms. The van der Waals surface area contributed by atoms with Gasteiger partial charge in [0.25, 0.3) is 0 Å². The summed E-state index contributed by atoms with van der Waals surface area (Å²) < 4.78 is 4.94. The molecule has 0 aliphatic carbocycles. The van der Waals surface area contributed by atoms with E-state index in [9.17, 15) is 15.3 Å². The van der Waals surface area contributed by atoms with Crippen LogP contribution in [0.3, 0.4) is 0 Å². The molecule has 1 saturated heterocycles. The van der Waals surface area contributed by atoms with Crippen LogP contribution < -0.4 is 15.3 Å². The van der Waals surface area contributed by atoms with Gasteiger partial charge in [-0.2, -0.15) is 0 Å². The predicted octanol–water partition coefficient (Wildman–Crippen LogP) is 7.93. The zero-order chi connectivity index (χ0) is 38.8. The molecular formula is C45H69N2O4Y. The van der Waals surface area contributed by atoms with Gasteiger partial charge in [0, 0.05) is 39.4 Å². The number of hydrogen-bond donors (Lipinski definition) is 0. The van der Waals surface area contributed by atoms with Crippen molar-refractivity contribution in [2.75, 3.05) is 40.4 Å². The molecule has 0 aromatic heterocycles. The zero-order valence-corrected chi connectivity index (χ0v) is 38.0.